The molecular formula is C14H15F2N7O2. The molecule has 0 bridgehead atoms. The van der Waals surface area contributed by atoms with Crippen LogP contribution in [-0.4, -0.2) is 49.8 Å². The van der Waals surface area contributed by atoms with Crippen LogP contribution in [0.25, 0.3) is 11.2 Å². The third-order valence-corrected chi connectivity index (χ3v) is 3.81. The number of alkyl halides is 2. The predicted octanol–water partition coefficient (Wildman–Crippen LogP) is 2.25. The van der Waals surface area contributed by atoms with Crippen LogP contribution in [0.2, 0.25) is 0 Å². The van der Waals surface area contributed by atoms with Crippen molar-refractivity contribution in [3.63, 3.8) is 0 Å². The molecule has 25 heavy (non-hydrogen) atoms. The summed E-state index contributed by atoms with van der Waals surface area (Å²) in [6, 6.07) is 1.43. The summed E-state index contributed by atoms with van der Waals surface area (Å²) in [6.07, 6.45) is 5.12. The zero-order chi connectivity index (χ0) is 17.2. The van der Waals surface area contributed by atoms with Crippen molar-refractivity contribution in [1.29, 1.82) is 0 Å². The van der Waals surface area contributed by atoms with Crippen LogP contribution in [0.4, 0.5) is 20.4 Å². The number of aromatic amines is 1. The van der Waals surface area contributed by atoms with Crippen LogP contribution in [0.15, 0.2) is 18.5 Å². The Labute approximate surface area is 140 Å². The number of ether oxygens (including phenoxy) is 2. The lowest BCUT2D eigenvalue weighted by atomic mass is 10.1. The Morgan fingerprint density at radius 1 is 1.40 bits per heavy atom. The highest BCUT2D eigenvalue weighted by molar-refractivity contribution is 5.72. The number of halogens is 2. The number of fused-ring (bicyclic) bond motifs is 1. The molecule has 1 aliphatic rings. The van der Waals surface area contributed by atoms with Gasteiger partial charge in [0.25, 0.3) is 0 Å². The van der Waals surface area contributed by atoms with Gasteiger partial charge in [0.1, 0.15) is 11.3 Å². The lowest BCUT2D eigenvalue weighted by Crippen LogP contribution is -2.22. The minimum Gasteiger partial charge on any atom is -0.415 e. The molecule has 0 radical (unpaired) electrons. The minimum atomic E-state index is -2.93. The van der Waals surface area contributed by atoms with Gasteiger partial charge in [0.05, 0.1) is 25.0 Å². The van der Waals surface area contributed by atoms with Crippen molar-refractivity contribution in [2.45, 2.75) is 25.5 Å². The fourth-order valence-corrected chi connectivity index (χ4v) is 2.72. The van der Waals surface area contributed by atoms with E-state index in [-0.39, 0.29) is 11.9 Å². The van der Waals surface area contributed by atoms with Gasteiger partial charge < -0.3 is 14.8 Å². The van der Waals surface area contributed by atoms with Crippen molar-refractivity contribution in [2.75, 3.05) is 18.5 Å². The van der Waals surface area contributed by atoms with E-state index in [9.17, 15) is 8.78 Å². The number of hydrogen-bond acceptors (Lipinski definition) is 7. The molecule has 0 amide bonds. The first kappa shape index (κ1) is 15.7. The summed E-state index contributed by atoms with van der Waals surface area (Å²) < 4.78 is 35.9. The van der Waals surface area contributed by atoms with Crippen molar-refractivity contribution in [3.8, 4) is 5.88 Å². The first-order valence-electron chi connectivity index (χ1n) is 7.74. The number of aromatic nitrogens is 6. The first-order valence-corrected chi connectivity index (χ1v) is 7.74. The van der Waals surface area contributed by atoms with Crippen LogP contribution in [-0.2, 0) is 4.74 Å². The SMILES string of the molecule is FC(F)Oc1cc(Nc2cnc3cnn([C@@H]4CCCOC4)c3n2)[nH]n1. The first-order chi connectivity index (χ1) is 12.2. The smallest absolute Gasteiger partial charge is 0.388 e. The summed E-state index contributed by atoms with van der Waals surface area (Å²) in [4.78, 5) is 8.82. The Bertz CT molecular complexity index is 860. The Kier molecular flexibility index (Phi) is 4.14. The molecule has 1 atom stereocenters. The second kappa shape index (κ2) is 6.59. The van der Waals surface area contributed by atoms with E-state index in [1.54, 1.807) is 6.20 Å². The van der Waals surface area contributed by atoms with Crippen LogP contribution in [0.3, 0.4) is 0 Å². The van der Waals surface area contributed by atoms with E-state index in [0.717, 1.165) is 19.4 Å². The fraction of sp³-hybridized carbons (Fsp3) is 0.429. The van der Waals surface area contributed by atoms with Crippen molar-refractivity contribution >= 4 is 22.8 Å². The van der Waals surface area contributed by atoms with Gasteiger partial charge in [-0.3, -0.25) is 5.10 Å². The van der Waals surface area contributed by atoms with E-state index >= 15 is 0 Å². The van der Waals surface area contributed by atoms with Crippen molar-refractivity contribution < 1.29 is 18.3 Å². The molecule has 0 unspecified atom stereocenters. The van der Waals surface area contributed by atoms with Gasteiger partial charge in [-0.25, -0.2) is 14.6 Å². The molecule has 1 aliphatic heterocycles. The number of hydrogen-bond donors (Lipinski definition) is 2. The maximum absolute atomic E-state index is 12.2. The van der Waals surface area contributed by atoms with Gasteiger partial charge in [0.2, 0.25) is 5.88 Å². The molecule has 11 heteroatoms. The fourth-order valence-electron chi connectivity index (χ4n) is 2.72. The molecule has 9 nitrogen and oxygen atoms in total. The van der Waals surface area contributed by atoms with E-state index in [4.69, 9.17) is 4.74 Å². The number of nitrogens with zero attached hydrogens (tertiary/aromatic N) is 5. The Hall–Kier alpha value is -2.82. The van der Waals surface area contributed by atoms with Gasteiger partial charge in [-0.1, -0.05) is 0 Å². The molecule has 3 aromatic heterocycles. The highest BCUT2D eigenvalue weighted by Gasteiger charge is 2.20. The molecular weight excluding hydrogens is 336 g/mol. The van der Waals surface area contributed by atoms with Crippen LogP contribution >= 0.6 is 0 Å². The van der Waals surface area contributed by atoms with E-state index in [1.807, 2.05) is 4.68 Å². The molecule has 132 valence electrons. The number of nitrogens with one attached hydrogen (secondary N) is 2. The third-order valence-electron chi connectivity index (χ3n) is 3.81. The summed E-state index contributed by atoms with van der Waals surface area (Å²) in [7, 11) is 0. The number of anilines is 2. The lowest BCUT2D eigenvalue weighted by Gasteiger charge is -2.22. The van der Waals surface area contributed by atoms with Crippen molar-refractivity contribution in [3.05, 3.63) is 18.5 Å². The van der Waals surface area contributed by atoms with Gasteiger partial charge >= 0.3 is 6.61 Å². The molecule has 1 saturated heterocycles. The minimum absolute atomic E-state index is 0.119. The standard InChI is InChI=1S/C14H15F2N7O2/c15-14(16)25-12-4-10(21-22-12)19-11-6-17-9-5-18-23(13(9)20-11)8-2-1-3-24-7-8/h4-6,8,14H,1-3,7H2,(H2,19,20,21,22)/t8-/m1/s1. The van der Waals surface area contributed by atoms with E-state index in [1.165, 1.54) is 12.3 Å². The van der Waals surface area contributed by atoms with Crippen molar-refractivity contribution in [1.82, 2.24) is 29.9 Å². The largest absolute Gasteiger partial charge is 0.415 e. The molecule has 4 heterocycles. The zero-order valence-electron chi connectivity index (χ0n) is 13.0. The Morgan fingerprint density at radius 2 is 2.32 bits per heavy atom. The summed E-state index contributed by atoms with van der Waals surface area (Å²) >= 11 is 0. The summed E-state index contributed by atoms with van der Waals surface area (Å²) in [5.74, 6) is 0.575. The summed E-state index contributed by atoms with van der Waals surface area (Å²) in [6.45, 7) is -1.58. The molecule has 4 rings (SSSR count). The average Bonchev–Trinajstić information content (AvgIpc) is 3.21. The highest BCUT2D eigenvalue weighted by Crippen LogP contribution is 2.24. The highest BCUT2D eigenvalue weighted by atomic mass is 19.3. The zero-order valence-corrected chi connectivity index (χ0v) is 13.0. The van der Waals surface area contributed by atoms with Gasteiger partial charge in [-0.2, -0.15) is 13.9 Å². The second-order valence-corrected chi connectivity index (χ2v) is 5.55. The summed E-state index contributed by atoms with van der Waals surface area (Å²) in [5, 5.41) is 13.5. The molecule has 1 fully saturated rings. The summed E-state index contributed by atoms with van der Waals surface area (Å²) in [5.41, 5.74) is 1.30. The molecule has 0 saturated carbocycles. The number of rotatable bonds is 5. The molecule has 0 spiro atoms. The second-order valence-electron chi connectivity index (χ2n) is 5.55. The maximum atomic E-state index is 12.2. The van der Waals surface area contributed by atoms with Gasteiger partial charge in [-0.15, -0.1) is 5.10 Å². The monoisotopic (exact) mass is 351 g/mol. The Balaban J connectivity index is 1.56. The topological polar surface area (TPSA) is 103 Å². The maximum Gasteiger partial charge on any atom is 0.388 e. The van der Waals surface area contributed by atoms with Crippen LogP contribution in [0.1, 0.15) is 18.9 Å². The van der Waals surface area contributed by atoms with Gasteiger partial charge in [0, 0.05) is 12.7 Å². The number of H-pyrrole nitrogens is 1. The van der Waals surface area contributed by atoms with Gasteiger partial charge in [0.15, 0.2) is 11.5 Å². The lowest BCUT2D eigenvalue weighted by molar-refractivity contribution is -0.0528. The predicted molar refractivity (Wildman–Crippen MR) is 82.9 cm³/mol. The van der Waals surface area contributed by atoms with Gasteiger partial charge in [-0.05, 0) is 12.8 Å². The van der Waals surface area contributed by atoms with Crippen molar-refractivity contribution in [2.24, 2.45) is 0 Å². The molecule has 0 aliphatic carbocycles. The quantitative estimate of drug-likeness (QED) is 0.727. The average molecular weight is 351 g/mol. The van der Waals surface area contributed by atoms with Crippen LogP contribution in [0.5, 0.6) is 5.88 Å². The van der Waals surface area contributed by atoms with E-state index in [0.29, 0.717) is 29.4 Å². The van der Waals surface area contributed by atoms with Crippen LogP contribution < -0.4 is 10.1 Å². The van der Waals surface area contributed by atoms with E-state index in [2.05, 4.69) is 35.3 Å². The molecule has 2 N–H and O–H groups in total. The normalized spacial score (nSPS) is 18.0. The third kappa shape index (κ3) is 3.36. The molecule has 3 aromatic rings. The van der Waals surface area contributed by atoms with E-state index < -0.39 is 6.61 Å². The molecule has 0 aromatic carbocycles. The Morgan fingerprint density at radius 3 is 3.12 bits per heavy atom. The van der Waals surface area contributed by atoms with Crippen LogP contribution in [0, 0.1) is 0 Å².